The maximum absolute atomic E-state index is 12.5. The summed E-state index contributed by atoms with van der Waals surface area (Å²) in [5.41, 5.74) is 6.81. The summed E-state index contributed by atoms with van der Waals surface area (Å²) in [6, 6.07) is 13.4. The van der Waals surface area contributed by atoms with E-state index in [4.69, 9.17) is 4.42 Å². The second-order valence-corrected chi connectivity index (χ2v) is 8.55. The molecule has 32 heavy (non-hydrogen) atoms. The van der Waals surface area contributed by atoms with Crippen LogP contribution in [0, 0.1) is 13.8 Å². The molecule has 2 aliphatic rings. The Kier molecular flexibility index (Phi) is 5.85. The third-order valence-corrected chi connectivity index (χ3v) is 6.02. The van der Waals surface area contributed by atoms with Crippen LogP contribution in [0.4, 0.5) is 0 Å². The number of aliphatic hydroxyl groups excluding tert-OH is 1. The lowest BCUT2D eigenvalue weighted by Crippen LogP contribution is -2.11. The van der Waals surface area contributed by atoms with Crippen molar-refractivity contribution in [2.45, 2.75) is 46.1 Å². The van der Waals surface area contributed by atoms with Gasteiger partial charge in [-0.1, -0.05) is 38.1 Å². The minimum atomic E-state index is -0.577. The molecule has 2 N–H and O–H groups in total. The first-order chi connectivity index (χ1) is 15.3. The highest BCUT2D eigenvalue weighted by Gasteiger charge is 2.30. The lowest BCUT2D eigenvalue weighted by atomic mass is 9.86. The van der Waals surface area contributed by atoms with Crippen molar-refractivity contribution in [3.8, 4) is 16.9 Å². The van der Waals surface area contributed by atoms with Gasteiger partial charge in [-0.3, -0.25) is 9.78 Å². The standard InChI is InChI=1S/C27H27NO4/c1-15(2)19-6-5-16(3)24-21(12-19)17(4)11-22(24)25(18-7-9-28-10-8-18)27-26(31)23(30)13-20(14-29)32-27/h5-13,15,25,29,31H,14H2,1-4H3. The van der Waals surface area contributed by atoms with Crippen molar-refractivity contribution < 1.29 is 14.6 Å². The average molecular weight is 430 g/mol. The van der Waals surface area contributed by atoms with Crippen LogP contribution in [0.1, 0.15) is 65.0 Å². The number of aliphatic hydroxyl groups is 1. The summed E-state index contributed by atoms with van der Waals surface area (Å²) in [5.74, 6) is -0.385. The number of nitrogens with zero attached hydrogens (tertiary/aromatic N) is 1. The maximum Gasteiger partial charge on any atom is 0.227 e. The molecule has 2 aromatic rings. The van der Waals surface area contributed by atoms with E-state index in [0.29, 0.717) is 5.92 Å². The summed E-state index contributed by atoms with van der Waals surface area (Å²) in [7, 11) is 0. The second-order valence-electron chi connectivity index (χ2n) is 8.55. The minimum absolute atomic E-state index is 0.110. The van der Waals surface area contributed by atoms with E-state index in [0.717, 1.165) is 39.4 Å². The van der Waals surface area contributed by atoms with Gasteiger partial charge in [0.05, 0.1) is 5.92 Å². The van der Waals surface area contributed by atoms with Gasteiger partial charge >= 0.3 is 0 Å². The van der Waals surface area contributed by atoms with Crippen molar-refractivity contribution in [1.29, 1.82) is 0 Å². The molecule has 5 nitrogen and oxygen atoms in total. The molecule has 0 saturated heterocycles. The SMILES string of the molecule is Cc1cc(C(c2ccncc2)c2oc(CO)cc(=O)c2O)c2c(C)ccc(C(C)C)cc1-2. The molecule has 0 fully saturated rings. The smallest absolute Gasteiger partial charge is 0.227 e. The molecule has 0 aromatic carbocycles. The van der Waals surface area contributed by atoms with Crippen molar-refractivity contribution in [1.82, 2.24) is 4.98 Å². The molecule has 5 heteroatoms. The Morgan fingerprint density at radius 3 is 2.34 bits per heavy atom. The van der Waals surface area contributed by atoms with Crippen molar-refractivity contribution in [3.05, 3.63) is 104 Å². The molecule has 0 saturated carbocycles. The van der Waals surface area contributed by atoms with Gasteiger partial charge in [0.2, 0.25) is 11.2 Å². The molecule has 0 bridgehead atoms. The van der Waals surface area contributed by atoms with Gasteiger partial charge in [0.15, 0.2) is 5.76 Å². The number of pyridine rings is 1. The largest absolute Gasteiger partial charge is 0.502 e. The number of fused-ring (bicyclic) bond motifs is 1. The quantitative estimate of drug-likeness (QED) is 0.452. The summed E-state index contributed by atoms with van der Waals surface area (Å²) in [5, 5.41) is 20.3. The van der Waals surface area contributed by atoms with Gasteiger partial charge in [0, 0.05) is 18.5 Å². The normalized spacial score (nSPS) is 12.4. The predicted octanol–water partition coefficient (Wildman–Crippen LogP) is 5.26. The summed E-state index contributed by atoms with van der Waals surface area (Å²) in [6.45, 7) is 8.04. The fraction of sp³-hybridized carbons (Fsp3) is 0.259. The van der Waals surface area contributed by atoms with E-state index >= 15 is 0 Å². The number of hydrogen-bond acceptors (Lipinski definition) is 5. The van der Waals surface area contributed by atoms with Gasteiger partial charge < -0.3 is 14.6 Å². The summed E-state index contributed by atoms with van der Waals surface area (Å²) < 4.78 is 5.87. The monoisotopic (exact) mass is 429 g/mol. The first kappa shape index (κ1) is 21.8. The highest BCUT2D eigenvalue weighted by atomic mass is 16.4. The Bertz CT molecular complexity index is 1290. The number of hydrogen-bond donors (Lipinski definition) is 2. The zero-order chi connectivity index (χ0) is 23.0. The predicted molar refractivity (Wildman–Crippen MR) is 124 cm³/mol. The highest BCUT2D eigenvalue weighted by molar-refractivity contribution is 5.80. The summed E-state index contributed by atoms with van der Waals surface area (Å²) >= 11 is 0. The lowest BCUT2D eigenvalue weighted by Gasteiger charge is -2.19. The Morgan fingerprint density at radius 2 is 1.69 bits per heavy atom. The van der Waals surface area contributed by atoms with E-state index in [1.54, 1.807) is 12.4 Å². The van der Waals surface area contributed by atoms with E-state index in [1.807, 2.05) is 12.1 Å². The Labute approximate surface area is 187 Å². The summed E-state index contributed by atoms with van der Waals surface area (Å²) in [6.07, 6.45) is 3.35. The molecule has 2 aliphatic carbocycles. The van der Waals surface area contributed by atoms with Crippen LogP contribution in [0.3, 0.4) is 0 Å². The minimum Gasteiger partial charge on any atom is -0.502 e. The maximum atomic E-state index is 12.5. The highest BCUT2D eigenvalue weighted by Crippen LogP contribution is 2.45. The average Bonchev–Trinajstić information content (AvgIpc) is 2.98. The van der Waals surface area contributed by atoms with Gasteiger partial charge in [0.25, 0.3) is 0 Å². The third-order valence-electron chi connectivity index (χ3n) is 6.02. The van der Waals surface area contributed by atoms with E-state index in [9.17, 15) is 15.0 Å². The van der Waals surface area contributed by atoms with Crippen molar-refractivity contribution in [2.75, 3.05) is 0 Å². The fourth-order valence-corrected chi connectivity index (χ4v) is 4.32. The summed E-state index contributed by atoms with van der Waals surface area (Å²) in [4.78, 5) is 16.6. The first-order valence-corrected chi connectivity index (χ1v) is 10.7. The number of rotatable bonds is 5. The lowest BCUT2D eigenvalue weighted by molar-refractivity contribution is 0.235. The molecule has 1 unspecified atom stereocenters. The number of aromatic hydroxyl groups is 1. The van der Waals surface area contributed by atoms with E-state index in [-0.39, 0.29) is 11.5 Å². The van der Waals surface area contributed by atoms with Crippen molar-refractivity contribution >= 4 is 0 Å². The van der Waals surface area contributed by atoms with Crippen LogP contribution in [0.15, 0.2) is 64.1 Å². The van der Waals surface area contributed by atoms with E-state index in [1.165, 1.54) is 5.56 Å². The molecule has 0 radical (unpaired) electrons. The van der Waals surface area contributed by atoms with Crippen LogP contribution in [0.25, 0.3) is 11.1 Å². The molecule has 2 aromatic heterocycles. The van der Waals surface area contributed by atoms with Gasteiger partial charge in [-0.2, -0.15) is 0 Å². The Morgan fingerprint density at radius 1 is 0.969 bits per heavy atom. The zero-order valence-electron chi connectivity index (χ0n) is 18.7. The molecule has 4 rings (SSSR count). The van der Waals surface area contributed by atoms with Gasteiger partial charge in [-0.05, 0) is 70.8 Å². The van der Waals surface area contributed by atoms with Crippen LogP contribution in [0.5, 0.6) is 5.75 Å². The molecular formula is C27H27NO4. The van der Waals surface area contributed by atoms with Crippen molar-refractivity contribution in [2.24, 2.45) is 0 Å². The van der Waals surface area contributed by atoms with Gasteiger partial charge in [0.1, 0.15) is 12.4 Å². The van der Waals surface area contributed by atoms with Crippen LogP contribution >= 0.6 is 0 Å². The van der Waals surface area contributed by atoms with Crippen LogP contribution in [-0.2, 0) is 6.61 Å². The van der Waals surface area contributed by atoms with Gasteiger partial charge in [-0.15, -0.1) is 0 Å². The Balaban J connectivity index is 2.06. The van der Waals surface area contributed by atoms with Crippen LogP contribution in [0.2, 0.25) is 0 Å². The first-order valence-electron chi connectivity index (χ1n) is 10.7. The second kappa shape index (κ2) is 8.60. The molecule has 2 heterocycles. The molecule has 0 spiro atoms. The number of aromatic nitrogens is 1. The van der Waals surface area contributed by atoms with Crippen molar-refractivity contribution in [3.63, 3.8) is 0 Å². The van der Waals surface area contributed by atoms with Gasteiger partial charge in [-0.25, -0.2) is 0 Å². The van der Waals surface area contributed by atoms with Crippen LogP contribution < -0.4 is 5.43 Å². The molecule has 0 amide bonds. The van der Waals surface area contributed by atoms with E-state index in [2.05, 4.69) is 56.9 Å². The Hall–Kier alpha value is -3.44. The molecule has 1 atom stereocenters. The van der Waals surface area contributed by atoms with E-state index < -0.39 is 23.7 Å². The fourth-order valence-electron chi connectivity index (χ4n) is 4.32. The molecular weight excluding hydrogens is 402 g/mol. The molecule has 164 valence electrons. The molecule has 0 aliphatic heterocycles. The topological polar surface area (TPSA) is 83.6 Å². The third kappa shape index (κ3) is 3.80. The van der Waals surface area contributed by atoms with Crippen LogP contribution in [-0.4, -0.2) is 15.2 Å². The number of aryl methyl sites for hydroxylation is 2. The zero-order valence-corrected chi connectivity index (χ0v) is 18.7.